The van der Waals surface area contributed by atoms with E-state index in [0.29, 0.717) is 6.54 Å². The molecule has 2 rings (SSSR count). The highest BCUT2D eigenvalue weighted by Gasteiger charge is 2.39. The molecule has 106 valence electrons. The molecule has 19 heavy (non-hydrogen) atoms. The molecule has 0 spiro atoms. The normalized spacial score (nSPS) is 16.3. The average Bonchev–Trinajstić information content (AvgIpc) is 3.08. The van der Waals surface area contributed by atoms with Gasteiger partial charge in [-0.05, 0) is 37.0 Å². The molecule has 6 heteroatoms. The number of nitrogens with two attached hydrogens (primary N) is 1. The highest BCUT2D eigenvalue weighted by molar-refractivity contribution is 7.89. The third-order valence-electron chi connectivity index (χ3n) is 3.04. The predicted molar refractivity (Wildman–Crippen MR) is 72.6 cm³/mol. The molecule has 0 amide bonds. The Morgan fingerprint density at radius 1 is 1.42 bits per heavy atom. The van der Waals surface area contributed by atoms with E-state index in [-0.39, 0.29) is 22.5 Å². The first-order valence-corrected chi connectivity index (χ1v) is 7.83. The summed E-state index contributed by atoms with van der Waals surface area (Å²) in [5.41, 5.74) is 5.67. The number of hydrogen-bond donors (Lipinski definition) is 1. The summed E-state index contributed by atoms with van der Waals surface area (Å²) in [5, 5.41) is 0. The van der Waals surface area contributed by atoms with E-state index in [4.69, 9.17) is 5.73 Å². The van der Waals surface area contributed by atoms with Gasteiger partial charge in [0.2, 0.25) is 10.0 Å². The fraction of sp³-hybridized carbons (Fsp3) is 0.538. The van der Waals surface area contributed by atoms with Gasteiger partial charge in [-0.1, -0.05) is 13.8 Å². The molecule has 2 N–H and O–H groups in total. The highest BCUT2D eigenvalue weighted by atomic mass is 32.2. The lowest BCUT2D eigenvalue weighted by molar-refractivity contribution is 0.358. The van der Waals surface area contributed by atoms with Crippen molar-refractivity contribution in [2.75, 3.05) is 12.3 Å². The standard InChI is InChI=1S/C13H19FN2O2S/c1-9(2)8-16(11-4-5-11)19(17,18)13-6-3-10(15)7-12(13)14/h3,6-7,9,11H,4-5,8,15H2,1-2H3. The Morgan fingerprint density at radius 3 is 2.53 bits per heavy atom. The smallest absolute Gasteiger partial charge is 0.246 e. The van der Waals surface area contributed by atoms with Crippen LogP contribution in [-0.4, -0.2) is 25.3 Å². The fourth-order valence-electron chi connectivity index (χ4n) is 2.02. The Labute approximate surface area is 113 Å². The van der Waals surface area contributed by atoms with Crippen molar-refractivity contribution in [2.24, 2.45) is 5.92 Å². The van der Waals surface area contributed by atoms with Crippen LogP contribution in [0, 0.1) is 11.7 Å². The number of anilines is 1. The van der Waals surface area contributed by atoms with Crippen molar-refractivity contribution in [2.45, 2.75) is 37.6 Å². The van der Waals surface area contributed by atoms with Crippen LogP contribution in [0.25, 0.3) is 0 Å². The molecule has 1 aromatic rings. The Balaban J connectivity index is 2.38. The van der Waals surface area contributed by atoms with Crippen molar-refractivity contribution in [3.05, 3.63) is 24.0 Å². The largest absolute Gasteiger partial charge is 0.399 e. The van der Waals surface area contributed by atoms with Crippen LogP contribution in [0.3, 0.4) is 0 Å². The number of sulfonamides is 1. The van der Waals surface area contributed by atoms with Crippen molar-refractivity contribution in [1.82, 2.24) is 4.31 Å². The van der Waals surface area contributed by atoms with Crippen molar-refractivity contribution >= 4 is 15.7 Å². The number of hydrogen-bond acceptors (Lipinski definition) is 3. The second-order valence-corrected chi connectivity index (χ2v) is 7.25. The van der Waals surface area contributed by atoms with Crippen molar-refractivity contribution < 1.29 is 12.8 Å². The molecule has 4 nitrogen and oxygen atoms in total. The zero-order valence-corrected chi connectivity index (χ0v) is 12.0. The molecular formula is C13H19FN2O2S. The molecule has 0 unspecified atom stereocenters. The molecular weight excluding hydrogens is 267 g/mol. The predicted octanol–water partition coefficient (Wildman–Crippen LogP) is 2.22. The molecule has 0 atom stereocenters. The van der Waals surface area contributed by atoms with E-state index in [9.17, 15) is 12.8 Å². The molecule has 0 saturated heterocycles. The SMILES string of the molecule is CC(C)CN(C1CC1)S(=O)(=O)c1ccc(N)cc1F. The molecule has 1 aliphatic carbocycles. The molecule has 0 bridgehead atoms. The van der Waals surface area contributed by atoms with Gasteiger partial charge in [0, 0.05) is 18.3 Å². The Bertz CT molecular complexity index is 568. The van der Waals surface area contributed by atoms with Gasteiger partial charge < -0.3 is 5.73 Å². The second kappa shape index (κ2) is 5.09. The minimum Gasteiger partial charge on any atom is -0.399 e. The summed E-state index contributed by atoms with van der Waals surface area (Å²) in [6.45, 7) is 4.31. The van der Waals surface area contributed by atoms with Gasteiger partial charge in [-0.25, -0.2) is 12.8 Å². The topological polar surface area (TPSA) is 63.4 Å². The van der Waals surface area contributed by atoms with Gasteiger partial charge in [-0.2, -0.15) is 4.31 Å². The minimum atomic E-state index is -3.78. The van der Waals surface area contributed by atoms with Gasteiger partial charge in [-0.3, -0.25) is 0 Å². The van der Waals surface area contributed by atoms with Gasteiger partial charge in [0.25, 0.3) is 0 Å². The maximum absolute atomic E-state index is 13.8. The molecule has 1 aromatic carbocycles. The molecule has 0 radical (unpaired) electrons. The number of rotatable bonds is 5. The molecule has 0 heterocycles. The average molecular weight is 286 g/mol. The van der Waals surface area contributed by atoms with Crippen LogP contribution in [0.15, 0.2) is 23.1 Å². The summed E-state index contributed by atoms with van der Waals surface area (Å²) in [6.07, 6.45) is 1.70. The molecule has 1 saturated carbocycles. The first-order chi connectivity index (χ1) is 8.82. The summed E-state index contributed by atoms with van der Waals surface area (Å²) >= 11 is 0. The van der Waals surface area contributed by atoms with E-state index in [1.807, 2.05) is 13.8 Å². The summed E-state index contributed by atoms with van der Waals surface area (Å²) in [7, 11) is -3.78. The van der Waals surface area contributed by atoms with E-state index in [2.05, 4.69) is 0 Å². The summed E-state index contributed by atoms with van der Waals surface area (Å²) in [5.74, 6) is -0.582. The molecule has 1 fully saturated rings. The third-order valence-corrected chi connectivity index (χ3v) is 4.99. The van der Waals surface area contributed by atoms with Crippen LogP contribution in [0.1, 0.15) is 26.7 Å². The monoisotopic (exact) mass is 286 g/mol. The van der Waals surface area contributed by atoms with E-state index in [0.717, 1.165) is 18.9 Å². The zero-order valence-electron chi connectivity index (χ0n) is 11.1. The van der Waals surface area contributed by atoms with Crippen molar-refractivity contribution in [3.63, 3.8) is 0 Å². The van der Waals surface area contributed by atoms with E-state index in [1.165, 1.54) is 16.4 Å². The van der Waals surface area contributed by atoms with Crippen LogP contribution in [0.2, 0.25) is 0 Å². The molecule has 0 aliphatic heterocycles. The molecule has 1 aliphatic rings. The number of halogens is 1. The number of nitrogen functional groups attached to an aromatic ring is 1. The van der Waals surface area contributed by atoms with Crippen LogP contribution in [0.5, 0.6) is 0 Å². The highest BCUT2D eigenvalue weighted by Crippen LogP contribution is 2.33. The quantitative estimate of drug-likeness (QED) is 0.844. The third kappa shape index (κ3) is 3.06. The first-order valence-electron chi connectivity index (χ1n) is 6.39. The summed E-state index contributed by atoms with van der Waals surface area (Å²) < 4.78 is 40.3. The minimum absolute atomic E-state index is 0.0179. The maximum Gasteiger partial charge on any atom is 0.246 e. The Morgan fingerprint density at radius 2 is 2.05 bits per heavy atom. The van der Waals surface area contributed by atoms with Gasteiger partial charge >= 0.3 is 0 Å². The van der Waals surface area contributed by atoms with Crippen LogP contribution in [-0.2, 0) is 10.0 Å². The van der Waals surface area contributed by atoms with Crippen LogP contribution >= 0.6 is 0 Å². The summed E-state index contributed by atoms with van der Waals surface area (Å²) in [4.78, 5) is -0.283. The number of benzene rings is 1. The maximum atomic E-state index is 13.8. The van der Waals surface area contributed by atoms with E-state index >= 15 is 0 Å². The lowest BCUT2D eigenvalue weighted by Crippen LogP contribution is -2.36. The van der Waals surface area contributed by atoms with Crippen molar-refractivity contribution in [1.29, 1.82) is 0 Å². The summed E-state index contributed by atoms with van der Waals surface area (Å²) in [6, 6.07) is 3.73. The lowest BCUT2D eigenvalue weighted by atomic mass is 10.2. The lowest BCUT2D eigenvalue weighted by Gasteiger charge is -2.24. The number of nitrogens with zero attached hydrogens (tertiary/aromatic N) is 1. The second-order valence-electron chi connectivity index (χ2n) is 5.39. The van der Waals surface area contributed by atoms with Gasteiger partial charge in [0.15, 0.2) is 0 Å². The Hall–Kier alpha value is -1.14. The first kappa shape index (κ1) is 14.3. The van der Waals surface area contributed by atoms with Gasteiger partial charge in [0.1, 0.15) is 10.7 Å². The van der Waals surface area contributed by atoms with Gasteiger partial charge in [-0.15, -0.1) is 0 Å². The molecule has 0 aromatic heterocycles. The van der Waals surface area contributed by atoms with Gasteiger partial charge in [0.05, 0.1) is 0 Å². The van der Waals surface area contributed by atoms with E-state index in [1.54, 1.807) is 0 Å². The van der Waals surface area contributed by atoms with Crippen LogP contribution in [0.4, 0.5) is 10.1 Å². The van der Waals surface area contributed by atoms with Crippen molar-refractivity contribution in [3.8, 4) is 0 Å². The Kier molecular flexibility index (Phi) is 3.82. The van der Waals surface area contributed by atoms with E-state index < -0.39 is 15.8 Å². The fourth-order valence-corrected chi connectivity index (χ4v) is 3.91. The zero-order chi connectivity index (χ0) is 14.2. The van der Waals surface area contributed by atoms with Crippen LogP contribution < -0.4 is 5.73 Å².